The van der Waals surface area contributed by atoms with E-state index in [1.807, 2.05) is 30.3 Å². The van der Waals surface area contributed by atoms with Gasteiger partial charge in [0.15, 0.2) is 12.1 Å². The van der Waals surface area contributed by atoms with Crippen molar-refractivity contribution < 1.29 is 9.59 Å². The molecule has 2 rings (SSSR count). The van der Waals surface area contributed by atoms with E-state index in [2.05, 4.69) is 4.98 Å². The quantitative estimate of drug-likeness (QED) is 0.595. The van der Waals surface area contributed by atoms with Crippen molar-refractivity contribution in [3.8, 4) is 0 Å². The van der Waals surface area contributed by atoms with Gasteiger partial charge < -0.3 is 0 Å². The number of aryl methyl sites for hydroxylation is 1. The van der Waals surface area contributed by atoms with Gasteiger partial charge in [-0.3, -0.25) is 14.6 Å². The van der Waals surface area contributed by atoms with E-state index >= 15 is 0 Å². The molecule has 0 fully saturated rings. The van der Waals surface area contributed by atoms with Gasteiger partial charge in [-0.2, -0.15) is 0 Å². The highest BCUT2D eigenvalue weighted by Crippen LogP contribution is 2.10. The Morgan fingerprint density at radius 1 is 1.17 bits per heavy atom. The SMILES string of the molecule is O=Cc1cnccc1C(=O)CCc1ccccc1. The molecule has 1 heterocycles. The molecule has 0 N–H and O–H groups in total. The average Bonchev–Trinajstić information content (AvgIpc) is 2.45. The molecule has 2 aromatic rings. The van der Waals surface area contributed by atoms with E-state index in [-0.39, 0.29) is 5.78 Å². The van der Waals surface area contributed by atoms with Gasteiger partial charge in [0.1, 0.15) is 0 Å². The topological polar surface area (TPSA) is 47.0 Å². The molecule has 0 radical (unpaired) electrons. The van der Waals surface area contributed by atoms with E-state index in [1.54, 1.807) is 6.07 Å². The minimum Gasteiger partial charge on any atom is -0.298 e. The van der Waals surface area contributed by atoms with Crippen LogP contribution in [0.2, 0.25) is 0 Å². The van der Waals surface area contributed by atoms with E-state index in [4.69, 9.17) is 0 Å². The highest BCUT2D eigenvalue weighted by molar-refractivity contribution is 6.02. The number of aromatic nitrogens is 1. The van der Waals surface area contributed by atoms with E-state index in [0.717, 1.165) is 5.56 Å². The van der Waals surface area contributed by atoms with Crippen LogP contribution in [0.15, 0.2) is 48.8 Å². The fraction of sp³-hybridized carbons (Fsp3) is 0.133. The number of aldehydes is 1. The second kappa shape index (κ2) is 5.87. The highest BCUT2D eigenvalue weighted by atomic mass is 16.1. The van der Waals surface area contributed by atoms with E-state index in [1.165, 1.54) is 12.4 Å². The Hall–Kier alpha value is -2.29. The molecule has 1 aromatic carbocycles. The fourth-order valence-electron chi connectivity index (χ4n) is 1.79. The molecule has 0 saturated carbocycles. The summed E-state index contributed by atoms with van der Waals surface area (Å²) in [7, 11) is 0. The van der Waals surface area contributed by atoms with Crippen LogP contribution in [0.25, 0.3) is 0 Å². The van der Waals surface area contributed by atoms with Crippen LogP contribution in [-0.2, 0) is 6.42 Å². The maximum atomic E-state index is 12.0. The number of rotatable bonds is 5. The molecule has 0 aliphatic rings. The summed E-state index contributed by atoms with van der Waals surface area (Å²) >= 11 is 0. The van der Waals surface area contributed by atoms with E-state index in [9.17, 15) is 9.59 Å². The molecule has 0 amide bonds. The molecule has 1 aromatic heterocycles. The van der Waals surface area contributed by atoms with Crippen LogP contribution in [0.5, 0.6) is 0 Å². The van der Waals surface area contributed by atoms with Gasteiger partial charge in [-0.1, -0.05) is 30.3 Å². The van der Waals surface area contributed by atoms with Crippen LogP contribution in [0.1, 0.15) is 32.7 Å². The summed E-state index contributed by atoms with van der Waals surface area (Å²) in [6.45, 7) is 0. The van der Waals surface area contributed by atoms with Crippen molar-refractivity contribution in [2.24, 2.45) is 0 Å². The Bertz CT molecular complexity index is 549. The summed E-state index contributed by atoms with van der Waals surface area (Å²) < 4.78 is 0. The normalized spacial score (nSPS) is 10.0. The number of Topliss-reactive ketones (excluding diaryl/α,β-unsaturated/α-hetero) is 1. The summed E-state index contributed by atoms with van der Waals surface area (Å²) in [5.74, 6) is -0.0247. The monoisotopic (exact) mass is 239 g/mol. The molecule has 0 unspecified atom stereocenters. The van der Waals surface area contributed by atoms with Crippen molar-refractivity contribution in [3.05, 3.63) is 65.5 Å². The second-order valence-corrected chi connectivity index (χ2v) is 3.99. The maximum Gasteiger partial charge on any atom is 0.164 e. The molecule has 0 aliphatic heterocycles. The second-order valence-electron chi connectivity index (χ2n) is 3.99. The van der Waals surface area contributed by atoms with Gasteiger partial charge in [0.25, 0.3) is 0 Å². The van der Waals surface area contributed by atoms with Crippen LogP contribution >= 0.6 is 0 Å². The summed E-state index contributed by atoms with van der Waals surface area (Å²) in [5.41, 5.74) is 1.93. The zero-order valence-electron chi connectivity index (χ0n) is 9.87. The van der Waals surface area contributed by atoms with Crippen molar-refractivity contribution in [2.45, 2.75) is 12.8 Å². The number of nitrogens with zero attached hydrogens (tertiary/aromatic N) is 1. The Morgan fingerprint density at radius 3 is 2.67 bits per heavy atom. The Labute approximate surface area is 105 Å². The van der Waals surface area contributed by atoms with Crippen LogP contribution in [0, 0.1) is 0 Å². The van der Waals surface area contributed by atoms with Crippen molar-refractivity contribution in [1.29, 1.82) is 0 Å². The number of hydrogen-bond acceptors (Lipinski definition) is 3. The number of hydrogen-bond donors (Lipinski definition) is 0. The van der Waals surface area contributed by atoms with Gasteiger partial charge in [0.05, 0.1) is 0 Å². The Morgan fingerprint density at radius 2 is 1.94 bits per heavy atom. The van der Waals surface area contributed by atoms with Crippen molar-refractivity contribution in [2.75, 3.05) is 0 Å². The number of ketones is 1. The molecule has 0 saturated heterocycles. The first-order valence-electron chi connectivity index (χ1n) is 5.77. The zero-order chi connectivity index (χ0) is 12.8. The lowest BCUT2D eigenvalue weighted by molar-refractivity contribution is 0.0976. The molecule has 18 heavy (non-hydrogen) atoms. The van der Waals surface area contributed by atoms with Crippen LogP contribution in [0.3, 0.4) is 0 Å². The molecule has 3 nitrogen and oxygen atoms in total. The number of carbonyl (C=O) groups is 2. The van der Waals surface area contributed by atoms with E-state index < -0.39 is 0 Å². The third kappa shape index (κ3) is 2.88. The highest BCUT2D eigenvalue weighted by Gasteiger charge is 2.10. The molecule has 0 bridgehead atoms. The number of benzene rings is 1. The smallest absolute Gasteiger partial charge is 0.164 e. The predicted molar refractivity (Wildman–Crippen MR) is 68.7 cm³/mol. The first-order chi connectivity index (χ1) is 8.81. The van der Waals surface area contributed by atoms with Crippen molar-refractivity contribution >= 4 is 12.1 Å². The lowest BCUT2D eigenvalue weighted by Gasteiger charge is -2.03. The van der Waals surface area contributed by atoms with Gasteiger partial charge in [-0.15, -0.1) is 0 Å². The van der Waals surface area contributed by atoms with Gasteiger partial charge in [0.2, 0.25) is 0 Å². The predicted octanol–water partition coefficient (Wildman–Crippen LogP) is 2.71. The first-order valence-corrected chi connectivity index (χ1v) is 5.77. The maximum absolute atomic E-state index is 12.0. The standard InChI is InChI=1S/C15H13NO2/c17-11-13-10-16-9-8-14(13)15(18)7-6-12-4-2-1-3-5-12/h1-5,8-11H,6-7H2. The molecule has 0 aliphatic carbocycles. The van der Waals surface area contributed by atoms with Gasteiger partial charge in [0, 0.05) is 29.9 Å². The van der Waals surface area contributed by atoms with Crippen molar-refractivity contribution in [3.63, 3.8) is 0 Å². The molecule has 90 valence electrons. The van der Waals surface area contributed by atoms with Gasteiger partial charge in [-0.05, 0) is 18.1 Å². The molecule has 0 spiro atoms. The van der Waals surface area contributed by atoms with Crippen LogP contribution in [-0.4, -0.2) is 17.1 Å². The fourth-order valence-corrected chi connectivity index (χ4v) is 1.79. The molecular weight excluding hydrogens is 226 g/mol. The largest absolute Gasteiger partial charge is 0.298 e. The summed E-state index contributed by atoms with van der Waals surface area (Å²) in [5, 5.41) is 0. The van der Waals surface area contributed by atoms with Crippen LogP contribution < -0.4 is 0 Å². The minimum atomic E-state index is -0.0247. The van der Waals surface area contributed by atoms with E-state index in [0.29, 0.717) is 30.3 Å². The molecule has 0 atom stereocenters. The number of carbonyl (C=O) groups excluding carboxylic acids is 2. The number of pyridine rings is 1. The Balaban J connectivity index is 2.06. The summed E-state index contributed by atoms with van der Waals surface area (Å²) in [6, 6.07) is 11.4. The first kappa shape index (κ1) is 12.2. The molecular formula is C15H13NO2. The third-order valence-corrected chi connectivity index (χ3v) is 2.76. The Kier molecular flexibility index (Phi) is 3.97. The van der Waals surface area contributed by atoms with Gasteiger partial charge in [-0.25, -0.2) is 0 Å². The third-order valence-electron chi connectivity index (χ3n) is 2.76. The van der Waals surface area contributed by atoms with Gasteiger partial charge >= 0.3 is 0 Å². The average molecular weight is 239 g/mol. The summed E-state index contributed by atoms with van der Waals surface area (Å²) in [4.78, 5) is 26.7. The van der Waals surface area contributed by atoms with Crippen molar-refractivity contribution in [1.82, 2.24) is 4.98 Å². The lowest BCUT2D eigenvalue weighted by atomic mass is 10.0. The molecule has 3 heteroatoms. The lowest BCUT2D eigenvalue weighted by Crippen LogP contribution is -2.05. The minimum absolute atomic E-state index is 0.0247. The summed E-state index contributed by atoms with van der Waals surface area (Å²) in [6.07, 6.45) is 4.70. The zero-order valence-corrected chi connectivity index (χ0v) is 9.87. The van der Waals surface area contributed by atoms with Crippen LogP contribution in [0.4, 0.5) is 0 Å².